The van der Waals surface area contributed by atoms with Crippen LogP contribution >= 0.6 is 0 Å². The van der Waals surface area contributed by atoms with Gasteiger partial charge >= 0.3 is 0 Å². The zero-order chi connectivity index (χ0) is 15.1. The van der Waals surface area contributed by atoms with Crippen molar-refractivity contribution < 1.29 is 0 Å². The molecule has 0 amide bonds. The predicted octanol–water partition coefficient (Wildman–Crippen LogP) is 3.76. The Kier molecular flexibility index (Phi) is 4.88. The van der Waals surface area contributed by atoms with Crippen molar-refractivity contribution in [2.75, 3.05) is 11.1 Å². The fourth-order valence-corrected chi connectivity index (χ4v) is 1.89. The van der Waals surface area contributed by atoms with E-state index in [2.05, 4.69) is 22.1 Å². The smallest absolute Gasteiger partial charge is 0.160 e. The number of benzene rings is 2. The van der Waals surface area contributed by atoms with Crippen LogP contribution in [-0.2, 0) is 0 Å². The lowest BCUT2D eigenvalue weighted by Gasteiger charge is -2.05. The lowest BCUT2D eigenvalue weighted by molar-refractivity contribution is 1.01. The minimum absolute atomic E-state index is 0.751. The SMILES string of the molecule is C=CNc1nnc(C)c2ccccc12.Nc1ccccc1. The third kappa shape index (κ3) is 3.79. The number of anilines is 2. The molecule has 0 spiro atoms. The van der Waals surface area contributed by atoms with Gasteiger partial charge in [-0.05, 0) is 25.3 Å². The summed E-state index contributed by atoms with van der Waals surface area (Å²) >= 11 is 0. The Morgan fingerprint density at radius 2 is 1.57 bits per heavy atom. The molecule has 0 aliphatic rings. The number of nitrogen functional groups attached to an aromatic ring is 1. The maximum absolute atomic E-state index is 5.36. The number of nitrogens with one attached hydrogen (secondary N) is 1. The summed E-state index contributed by atoms with van der Waals surface area (Å²) in [4.78, 5) is 0. The summed E-state index contributed by atoms with van der Waals surface area (Å²) in [6.07, 6.45) is 1.60. The fraction of sp³-hybridized carbons (Fsp3) is 0.0588. The zero-order valence-electron chi connectivity index (χ0n) is 12.0. The molecule has 3 rings (SSSR count). The van der Waals surface area contributed by atoms with Gasteiger partial charge in [-0.2, -0.15) is 5.10 Å². The molecule has 4 heteroatoms. The number of nitrogens with zero attached hydrogens (tertiary/aromatic N) is 2. The third-order valence-electron chi connectivity index (χ3n) is 2.91. The van der Waals surface area contributed by atoms with Gasteiger partial charge in [0.1, 0.15) is 0 Å². The van der Waals surface area contributed by atoms with E-state index >= 15 is 0 Å². The molecule has 0 unspecified atom stereocenters. The van der Waals surface area contributed by atoms with Crippen molar-refractivity contribution in [3.8, 4) is 0 Å². The first-order chi connectivity index (χ1) is 10.2. The number of hydrogen-bond donors (Lipinski definition) is 2. The maximum Gasteiger partial charge on any atom is 0.160 e. The van der Waals surface area contributed by atoms with Crippen LogP contribution in [0.1, 0.15) is 5.69 Å². The topological polar surface area (TPSA) is 63.8 Å². The Balaban J connectivity index is 0.000000194. The molecule has 0 aliphatic heterocycles. The molecule has 1 heterocycles. The van der Waals surface area contributed by atoms with E-state index in [4.69, 9.17) is 5.73 Å². The van der Waals surface area contributed by atoms with Crippen LogP contribution in [0.4, 0.5) is 11.5 Å². The molecule has 3 N–H and O–H groups in total. The van der Waals surface area contributed by atoms with E-state index in [-0.39, 0.29) is 0 Å². The van der Waals surface area contributed by atoms with Crippen molar-refractivity contribution in [2.45, 2.75) is 6.92 Å². The summed E-state index contributed by atoms with van der Waals surface area (Å²) in [6.45, 7) is 5.56. The molecular weight excluding hydrogens is 260 g/mol. The van der Waals surface area contributed by atoms with Gasteiger partial charge in [-0.1, -0.05) is 49.0 Å². The Morgan fingerprint density at radius 3 is 2.14 bits per heavy atom. The summed E-state index contributed by atoms with van der Waals surface area (Å²) in [5, 5.41) is 13.3. The van der Waals surface area contributed by atoms with Crippen LogP contribution in [0.3, 0.4) is 0 Å². The molecule has 4 nitrogen and oxygen atoms in total. The maximum atomic E-state index is 5.36. The summed E-state index contributed by atoms with van der Waals surface area (Å²) in [5.74, 6) is 0.751. The number of fused-ring (bicyclic) bond motifs is 1. The molecule has 0 bridgehead atoms. The molecular formula is C17H18N4. The molecule has 0 saturated heterocycles. The molecule has 0 radical (unpaired) electrons. The molecule has 0 saturated carbocycles. The summed E-state index contributed by atoms with van der Waals surface area (Å²) in [5.41, 5.74) is 7.12. The van der Waals surface area contributed by atoms with E-state index in [0.717, 1.165) is 28.0 Å². The highest BCUT2D eigenvalue weighted by Gasteiger charge is 2.03. The number of aromatic nitrogens is 2. The number of hydrogen-bond acceptors (Lipinski definition) is 4. The van der Waals surface area contributed by atoms with Crippen LogP contribution in [0, 0.1) is 6.92 Å². The largest absolute Gasteiger partial charge is 0.399 e. The highest BCUT2D eigenvalue weighted by molar-refractivity contribution is 5.93. The highest BCUT2D eigenvalue weighted by Crippen LogP contribution is 2.21. The Hall–Kier alpha value is -2.88. The first-order valence-electron chi connectivity index (χ1n) is 6.62. The normalized spacial score (nSPS) is 9.57. The summed E-state index contributed by atoms with van der Waals surface area (Å²) in [7, 11) is 0. The number of rotatable bonds is 2. The van der Waals surface area contributed by atoms with Gasteiger partial charge in [0, 0.05) is 16.5 Å². The van der Waals surface area contributed by atoms with Gasteiger partial charge in [0.05, 0.1) is 5.69 Å². The van der Waals surface area contributed by atoms with Crippen LogP contribution in [-0.4, -0.2) is 10.2 Å². The standard InChI is InChI=1S/C11H11N3.C6H7N/c1-3-12-11-10-7-5-4-6-9(10)8(2)13-14-11;7-6-4-2-1-3-5-6/h3-7H,1H2,2H3,(H,12,14);1-5H,7H2. The Labute approximate surface area is 124 Å². The van der Waals surface area contributed by atoms with Crippen molar-refractivity contribution in [3.63, 3.8) is 0 Å². The molecule has 106 valence electrons. The van der Waals surface area contributed by atoms with Crippen molar-refractivity contribution in [1.29, 1.82) is 0 Å². The molecule has 0 atom stereocenters. The van der Waals surface area contributed by atoms with Crippen LogP contribution in [0.5, 0.6) is 0 Å². The van der Waals surface area contributed by atoms with Gasteiger partial charge in [-0.3, -0.25) is 0 Å². The quantitative estimate of drug-likeness (QED) is 0.700. The van der Waals surface area contributed by atoms with Gasteiger partial charge in [0.15, 0.2) is 5.82 Å². The second-order valence-corrected chi connectivity index (χ2v) is 4.44. The van der Waals surface area contributed by atoms with Gasteiger partial charge in [0.2, 0.25) is 0 Å². The van der Waals surface area contributed by atoms with Gasteiger partial charge < -0.3 is 11.1 Å². The highest BCUT2D eigenvalue weighted by atomic mass is 15.2. The zero-order valence-corrected chi connectivity index (χ0v) is 12.0. The first kappa shape index (κ1) is 14.5. The van der Waals surface area contributed by atoms with E-state index < -0.39 is 0 Å². The van der Waals surface area contributed by atoms with E-state index in [0.29, 0.717) is 0 Å². The fourth-order valence-electron chi connectivity index (χ4n) is 1.89. The molecule has 0 fully saturated rings. The summed E-state index contributed by atoms with van der Waals surface area (Å²) < 4.78 is 0. The van der Waals surface area contributed by atoms with E-state index in [9.17, 15) is 0 Å². The molecule has 0 aliphatic carbocycles. The monoisotopic (exact) mass is 278 g/mol. The number of aryl methyl sites for hydroxylation is 1. The second kappa shape index (κ2) is 7.05. The molecule has 2 aromatic carbocycles. The second-order valence-electron chi connectivity index (χ2n) is 4.44. The van der Waals surface area contributed by atoms with Crippen molar-refractivity contribution in [3.05, 3.63) is 73.1 Å². The van der Waals surface area contributed by atoms with Gasteiger partial charge in [0.25, 0.3) is 0 Å². The third-order valence-corrected chi connectivity index (χ3v) is 2.91. The van der Waals surface area contributed by atoms with Crippen LogP contribution in [0.2, 0.25) is 0 Å². The van der Waals surface area contributed by atoms with Crippen molar-refractivity contribution in [2.24, 2.45) is 0 Å². The number of para-hydroxylation sites is 1. The molecule has 1 aromatic heterocycles. The molecule has 3 aromatic rings. The Bertz CT molecular complexity index is 723. The number of nitrogens with two attached hydrogens (primary N) is 1. The average molecular weight is 278 g/mol. The average Bonchev–Trinajstić information content (AvgIpc) is 2.52. The minimum Gasteiger partial charge on any atom is -0.399 e. The summed E-state index contributed by atoms with van der Waals surface area (Å²) in [6, 6.07) is 17.5. The predicted molar refractivity (Wildman–Crippen MR) is 88.9 cm³/mol. The lowest BCUT2D eigenvalue weighted by atomic mass is 10.1. The van der Waals surface area contributed by atoms with E-state index in [1.165, 1.54) is 0 Å². The lowest BCUT2D eigenvalue weighted by Crippen LogP contribution is -1.96. The first-order valence-corrected chi connectivity index (χ1v) is 6.62. The van der Waals surface area contributed by atoms with Crippen LogP contribution in [0.25, 0.3) is 10.8 Å². The van der Waals surface area contributed by atoms with Gasteiger partial charge in [-0.25, -0.2) is 0 Å². The molecule has 21 heavy (non-hydrogen) atoms. The van der Waals surface area contributed by atoms with Crippen LogP contribution in [0.15, 0.2) is 67.4 Å². The minimum atomic E-state index is 0.751. The van der Waals surface area contributed by atoms with Crippen LogP contribution < -0.4 is 11.1 Å². The van der Waals surface area contributed by atoms with Crippen molar-refractivity contribution >= 4 is 22.3 Å². The van der Waals surface area contributed by atoms with E-state index in [1.54, 1.807) is 6.20 Å². The van der Waals surface area contributed by atoms with Gasteiger partial charge in [-0.15, -0.1) is 5.10 Å². The van der Waals surface area contributed by atoms with Crippen molar-refractivity contribution in [1.82, 2.24) is 10.2 Å². The Morgan fingerprint density at radius 1 is 0.952 bits per heavy atom. The van der Waals surface area contributed by atoms with E-state index in [1.807, 2.05) is 61.5 Å².